The number of benzene rings is 8. The largest absolute Gasteiger partial charge is 0.309 e. The highest BCUT2D eigenvalue weighted by atomic mass is 15.0. The molecule has 0 amide bonds. The first-order chi connectivity index (χ1) is 26.8. The first kappa shape index (κ1) is 32.0. The maximum atomic E-state index is 2.40. The number of aromatic nitrogens is 2. The number of hydrogen-bond donors (Lipinski definition) is 0. The van der Waals surface area contributed by atoms with Crippen molar-refractivity contribution in [3.63, 3.8) is 0 Å². The van der Waals surface area contributed by atoms with Crippen LogP contribution in [0.1, 0.15) is 22.3 Å². The van der Waals surface area contributed by atoms with E-state index in [2.05, 4.69) is 203 Å². The highest BCUT2D eigenvalue weighted by Gasteiger charge is 2.14. The van der Waals surface area contributed by atoms with Gasteiger partial charge in [0.1, 0.15) is 0 Å². The number of aryl methyl sites for hydroxylation is 4. The van der Waals surface area contributed by atoms with Crippen LogP contribution in [0.2, 0.25) is 0 Å². The Morgan fingerprint density at radius 1 is 0.259 bits per heavy atom. The second-order valence-electron chi connectivity index (χ2n) is 14.5. The molecule has 0 saturated heterocycles. The Hall–Kier alpha value is -6.64. The third-order valence-electron chi connectivity index (χ3n) is 11.1. The number of fused-ring (bicyclic) bond motifs is 6. The molecule has 0 saturated carbocycles. The fourth-order valence-electron chi connectivity index (χ4n) is 8.37. The summed E-state index contributed by atoms with van der Waals surface area (Å²) in [5.41, 5.74) is 15.4. The van der Waals surface area contributed by atoms with Crippen LogP contribution in [0.4, 0.5) is 0 Å². The normalized spacial score (nSPS) is 11.6. The van der Waals surface area contributed by atoms with Crippen molar-refractivity contribution in [1.82, 2.24) is 9.13 Å². The molecule has 0 spiro atoms. The molecule has 0 atom stereocenters. The molecule has 8 aromatic carbocycles. The Balaban J connectivity index is 0.813. The first-order valence-corrected chi connectivity index (χ1v) is 19.1. The van der Waals surface area contributed by atoms with E-state index in [9.17, 15) is 0 Å². The van der Waals surface area contributed by atoms with Crippen molar-refractivity contribution in [1.29, 1.82) is 0 Å². The van der Waals surface area contributed by atoms with Crippen molar-refractivity contribution in [2.45, 2.75) is 25.7 Å². The lowest BCUT2D eigenvalue weighted by molar-refractivity contribution is 0.961. The van der Waals surface area contributed by atoms with E-state index in [1.54, 1.807) is 0 Å². The summed E-state index contributed by atoms with van der Waals surface area (Å²) in [6, 6.07) is 71.2. The van der Waals surface area contributed by atoms with Crippen LogP contribution >= 0.6 is 0 Å². The van der Waals surface area contributed by atoms with Crippen LogP contribution in [0, 0.1) is 0 Å². The summed E-state index contributed by atoms with van der Waals surface area (Å²) < 4.78 is 4.76. The first-order valence-electron chi connectivity index (χ1n) is 19.1. The predicted molar refractivity (Wildman–Crippen MR) is 228 cm³/mol. The van der Waals surface area contributed by atoms with E-state index < -0.39 is 0 Å². The third kappa shape index (κ3) is 5.87. The average molecular weight is 693 g/mol. The van der Waals surface area contributed by atoms with Gasteiger partial charge in [-0.25, -0.2) is 0 Å². The molecule has 0 fully saturated rings. The molecule has 2 heteroatoms. The second kappa shape index (κ2) is 13.7. The highest BCUT2D eigenvalue weighted by molar-refractivity contribution is 6.10. The summed E-state index contributed by atoms with van der Waals surface area (Å²) in [5.74, 6) is 0. The monoisotopic (exact) mass is 692 g/mol. The van der Waals surface area contributed by atoms with Crippen LogP contribution in [-0.4, -0.2) is 9.13 Å². The number of hydrogen-bond acceptors (Lipinski definition) is 0. The van der Waals surface area contributed by atoms with Gasteiger partial charge < -0.3 is 9.13 Å². The lowest BCUT2D eigenvalue weighted by Crippen LogP contribution is -1.94. The predicted octanol–water partition coefficient (Wildman–Crippen LogP) is 13.1. The van der Waals surface area contributed by atoms with Gasteiger partial charge in [-0.15, -0.1) is 0 Å². The summed E-state index contributed by atoms with van der Waals surface area (Å²) >= 11 is 0. The number of rotatable bonds is 9. The fraction of sp³-hybridized carbons (Fsp3) is 0.0769. The summed E-state index contributed by atoms with van der Waals surface area (Å²) in [4.78, 5) is 0. The quantitative estimate of drug-likeness (QED) is 0.142. The molecule has 0 unspecified atom stereocenters. The van der Waals surface area contributed by atoms with E-state index in [-0.39, 0.29) is 0 Å². The number of para-hydroxylation sites is 4. The zero-order valence-corrected chi connectivity index (χ0v) is 30.2. The highest BCUT2D eigenvalue weighted by Crippen LogP contribution is 2.34. The molecule has 2 heterocycles. The molecule has 0 aliphatic heterocycles. The standard InChI is InChI=1S/C52H40N2/c1-3-11-43(12-4-1)53-49-17-9-7-15-45(49)47-35-39(27-33-51(47)53)21-19-37-23-29-41(30-24-37)42-31-25-38(26-32-42)20-22-40-28-34-52-48(36-40)46-16-8-10-18-50(46)54(52)44-13-5-2-6-14-44/h1-18,23-36H,19-22H2. The van der Waals surface area contributed by atoms with Gasteiger partial charge in [-0.2, -0.15) is 0 Å². The molecule has 2 nitrogen and oxygen atoms in total. The SMILES string of the molecule is c1ccc(-n2c3ccccc3c3cc(CCc4ccc(-c5ccc(CCc6ccc7c(c6)c6ccccc6n7-c6ccccc6)cc5)cc4)ccc32)cc1. The molecule has 10 aromatic rings. The molecule has 0 aliphatic rings. The minimum absolute atomic E-state index is 1.01. The molecule has 2 aromatic heterocycles. The summed E-state index contributed by atoms with van der Waals surface area (Å²) in [6.07, 6.45) is 4.05. The zero-order chi connectivity index (χ0) is 35.8. The van der Waals surface area contributed by atoms with Crippen LogP contribution in [-0.2, 0) is 25.7 Å². The van der Waals surface area contributed by atoms with E-state index in [4.69, 9.17) is 0 Å². The smallest absolute Gasteiger partial charge is 0.0541 e. The van der Waals surface area contributed by atoms with E-state index in [1.807, 2.05) is 0 Å². The minimum Gasteiger partial charge on any atom is -0.309 e. The van der Waals surface area contributed by atoms with Crippen molar-refractivity contribution >= 4 is 43.6 Å². The maximum Gasteiger partial charge on any atom is 0.0541 e. The molecule has 0 N–H and O–H groups in total. The molecule has 54 heavy (non-hydrogen) atoms. The molecular formula is C52H40N2. The van der Waals surface area contributed by atoms with Gasteiger partial charge >= 0.3 is 0 Å². The van der Waals surface area contributed by atoms with Crippen molar-refractivity contribution in [3.8, 4) is 22.5 Å². The molecule has 0 aliphatic carbocycles. The van der Waals surface area contributed by atoms with Crippen molar-refractivity contribution < 1.29 is 0 Å². The third-order valence-corrected chi connectivity index (χ3v) is 11.1. The van der Waals surface area contributed by atoms with Gasteiger partial charge in [-0.05, 0) is 120 Å². The Morgan fingerprint density at radius 2 is 0.593 bits per heavy atom. The molecular weight excluding hydrogens is 653 g/mol. The lowest BCUT2D eigenvalue weighted by atomic mass is 9.97. The van der Waals surface area contributed by atoms with Crippen LogP contribution < -0.4 is 0 Å². The topological polar surface area (TPSA) is 9.86 Å². The van der Waals surface area contributed by atoms with Crippen molar-refractivity contribution in [3.05, 3.63) is 216 Å². The van der Waals surface area contributed by atoms with Gasteiger partial charge in [0.25, 0.3) is 0 Å². The Labute approximate surface area is 316 Å². The number of nitrogens with zero attached hydrogens (tertiary/aromatic N) is 2. The molecule has 0 bridgehead atoms. The maximum absolute atomic E-state index is 2.40. The molecule has 10 rings (SSSR count). The van der Waals surface area contributed by atoms with Crippen molar-refractivity contribution in [2.75, 3.05) is 0 Å². The summed E-state index contributed by atoms with van der Waals surface area (Å²) in [5, 5.41) is 5.25. The van der Waals surface area contributed by atoms with Crippen LogP contribution in [0.15, 0.2) is 194 Å². The molecule has 258 valence electrons. The lowest BCUT2D eigenvalue weighted by Gasteiger charge is -2.09. The van der Waals surface area contributed by atoms with Gasteiger partial charge in [0.05, 0.1) is 22.1 Å². The fourth-order valence-corrected chi connectivity index (χ4v) is 8.37. The Morgan fingerprint density at radius 3 is 1.02 bits per heavy atom. The van der Waals surface area contributed by atoms with E-state index >= 15 is 0 Å². The van der Waals surface area contributed by atoms with Crippen LogP contribution in [0.25, 0.3) is 66.1 Å². The van der Waals surface area contributed by atoms with E-state index in [0.717, 1.165) is 25.7 Å². The van der Waals surface area contributed by atoms with Gasteiger partial charge in [0.15, 0.2) is 0 Å². The average Bonchev–Trinajstić information content (AvgIpc) is 3.75. The molecule has 0 radical (unpaired) electrons. The van der Waals surface area contributed by atoms with Crippen LogP contribution in [0.5, 0.6) is 0 Å². The Kier molecular flexibility index (Phi) is 8.15. The minimum atomic E-state index is 1.01. The van der Waals surface area contributed by atoms with Gasteiger partial charge in [-0.3, -0.25) is 0 Å². The zero-order valence-electron chi connectivity index (χ0n) is 30.2. The van der Waals surface area contributed by atoms with Crippen LogP contribution in [0.3, 0.4) is 0 Å². The second-order valence-corrected chi connectivity index (χ2v) is 14.5. The Bertz CT molecular complexity index is 2690. The van der Waals surface area contributed by atoms with E-state index in [0.29, 0.717) is 0 Å². The van der Waals surface area contributed by atoms with E-state index in [1.165, 1.54) is 88.4 Å². The van der Waals surface area contributed by atoms with Crippen molar-refractivity contribution in [2.24, 2.45) is 0 Å². The summed E-state index contributed by atoms with van der Waals surface area (Å²) in [6.45, 7) is 0. The summed E-state index contributed by atoms with van der Waals surface area (Å²) in [7, 11) is 0. The van der Waals surface area contributed by atoms with Gasteiger partial charge in [-0.1, -0.05) is 133 Å². The van der Waals surface area contributed by atoms with Gasteiger partial charge in [0, 0.05) is 32.9 Å². The van der Waals surface area contributed by atoms with Gasteiger partial charge in [0.2, 0.25) is 0 Å².